The van der Waals surface area contributed by atoms with E-state index in [1.54, 1.807) is 13.8 Å². The van der Waals surface area contributed by atoms with Gasteiger partial charge >= 0.3 is 11.9 Å². The van der Waals surface area contributed by atoms with Gasteiger partial charge in [0.05, 0.1) is 39.6 Å². The van der Waals surface area contributed by atoms with Crippen molar-refractivity contribution in [2.45, 2.75) is 52.4 Å². The highest BCUT2D eigenvalue weighted by Crippen LogP contribution is 2.66. The van der Waals surface area contributed by atoms with Crippen molar-refractivity contribution in [3.8, 4) is 57.1 Å². The molecule has 8 N–H and O–H groups in total. The van der Waals surface area contributed by atoms with Crippen LogP contribution in [0.2, 0.25) is 0 Å². The molecule has 4 atom stereocenters. The maximum absolute atomic E-state index is 14.8. The number of ether oxygens (including phenoxy) is 4. The molecule has 0 spiro atoms. The number of allylic oxidation sites excluding steroid dienone is 4. The maximum atomic E-state index is 14.8. The molecule has 16 nitrogen and oxygen atoms in total. The highest BCUT2D eigenvalue weighted by Gasteiger charge is 2.54. The number of hydrogen-bond donors (Lipinski definition) is 8. The molecule has 0 aromatic heterocycles. The molecule has 3 aliphatic carbocycles. The van der Waals surface area contributed by atoms with Crippen molar-refractivity contribution in [2.75, 3.05) is 28.4 Å². The van der Waals surface area contributed by atoms with E-state index >= 15 is 0 Å². The van der Waals surface area contributed by atoms with Gasteiger partial charge in [0.25, 0.3) is 0 Å². The Labute approximate surface area is 354 Å². The first-order valence-corrected chi connectivity index (χ1v) is 19.4. The molecule has 0 saturated heterocycles. The van der Waals surface area contributed by atoms with Crippen LogP contribution in [0, 0.1) is 25.7 Å². The number of aromatic hydroxyl groups is 6. The minimum atomic E-state index is -1.45. The number of fused-ring (bicyclic) bond motifs is 2. The van der Waals surface area contributed by atoms with Crippen LogP contribution in [-0.4, -0.2) is 92.8 Å². The molecule has 16 heteroatoms. The van der Waals surface area contributed by atoms with Crippen molar-refractivity contribution < 1.29 is 79.0 Å². The molecule has 0 aliphatic heterocycles. The summed E-state index contributed by atoms with van der Waals surface area (Å²) in [4.78, 5) is 54.1. The monoisotopic (exact) mass is 852 g/mol. The molecule has 0 bridgehead atoms. The zero-order valence-electron chi connectivity index (χ0n) is 34.9. The van der Waals surface area contributed by atoms with Gasteiger partial charge in [-0.2, -0.15) is 0 Å². The van der Waals surface area contributed by atoms with Crippen LogP contribution in [0.15, 0.2) is 46.9 Å². The highest BCUT2D eigenvalue weighted by atomic mass is 16.5. The van der Waals surface area contributed by atoms with Crippen LogP contribution in [0.5, 0.6) is 46.0 Å². The van der Waals surface area contributed by atoms with Gasteiger partial charge < -0.3 is 59.8 Å². The lowest BCUT2D eigenvalue weighted by Crippen LogP contribution is -2.37. The van der Waals surface area contributed by atoms with Gasteiger partial charge in [0.1, 0.15) is 57.1 Å². The molecule has 0 saturated carbocycles. The van der Waals surface area contributed by atoms with E-state index < -0.39 is 92.8 Å². The number of Topliss-reactive ketones (excluding diaryl/α,β-unsaturated/α-hetero) is 2. The third-order valence-corrected chi connectivity index (χ3v) is 12.4. The molecule has 4 aromatic carbocycles. The van der Waals surface area contributed by atoms with Crippen molar-refractivity contribution >= 4 is 23.5 Å². The van der Waals surface area contributed by atoms with Gasteiger partial charge in [-0.3, -0.25) is 9.59 Å². The molecular formula is C46H44O16. The molecule has 0 radical (unpaired) electrons. The van der Waals surface area contributed by atoms with Gasteiger partial charge in [-0.15, -0.1) is 0 Å². The predicted octanol–water partition coefficient (Wildman–Crippen LogP) is 6.75. The second kappa shape index (κ2) is 15.3. The lowest BCUT2D eigenvalue weighted by molar-refractivity contribution is 0.0681. The van der Waals surface area contributed by atoms with Crippen molar-refractivity contribution in [2.24, 2.45) is 11.8 Å². The second-order valence-electron chi connectivity index (χ2n) is 15.8. The van der Waals surface area contributed by atoms with Gasteiger partial charge in [0, 0.05) is 46.2 Å². The number of methoxy groups -OCH3 is 4. The number of carbonyl (C=O) groups is 4. The Kier molecular flexibility index (Phi) is 10.5. The second-order valence-corrected chi connectivity index (χ2v) is 15.8. The van der Waals surface area contributed by atoms with Gasteiger partial charge in [0.15, 0.2) is 11.5 Å². The minimum absolute atomic E-state index is 0.0516. The van der Waals surface area contributed by atoms with E-state index in [9.17, 15) is 60.0 Å². The number of aryl methyl sites for hydroxylation is 2. The average Bonchev–Trinajstić information content (AvgIpc) is 3.19. The van der Waals surface area contributed by atoms with Crippen molar-refractivity contribution in [3.05, 3.63) is 103 Å². The van der Waals surface area contributed by atoms with Crippen LogP contribution in [0.1, 0.15) is 100 Å². The Morgan fingerprint density at radius 2 is 0.887 bits per heavy atom. The van der Waals surface area contributed by atoms with E-state index in [0.29, 0.717) is 0 Å². The fourth-order valence-electron chi connectivity index (χ4n) is 9.94. The summed E-state index contributed by atoms with van der Waals surface area (Å²) in [6, 6.07) is 4.85. The number of rotatable bonds is 12. The topological polar surface area (TPSA) is 267 Å². The average molecular weight is 853 g/mol. The fraction of sp³-hybridized carbons (Fsp3) is 0.304. The molecule has 0 heterocycles. The van der Waals surface area contributed by atoms with Crippen LogP contribution >= 0.6 is 0 Å². The van der Waals surface area contributed by atoms with Crippen LogP contribution < -0.4 is 9.47 Å². The Hall–Kier alpha value is -7.36. The Bertz CT molecular complexity index is 2570. The molecule has 324 valence electrons. The predicted molar refractivity (Wildman–Crippen MR) is 219 cm³/mol. The SMILES string of the molecule is COC1=C(C(C)Cc2c(O)cc(C)c(C(=O)O)c2O)C2c3c(c(O)cc(OC)c3-c3c(OC)cc(O)c4c3C2C(C(C)Cc2c(O)cc(C)c(C(=O)O)c2O)=C(OC)C4=O)C1=O. The zero-order valence-corrected chi connectivity index (χ0v) is 34.9. The number of phenols is 6. The molecular weight excluding hydrogens is 808 g/mol. The van der Waals surface area contributed by atoms with Crippen molar-refractivity contribution in [1.29, 1.82) is 0 Å². The molecule has 0 fully saturated rings. The third kappa shape index (κ3) is 6.02. The van der Waals surface area contributed by atoms with Gasteiger partial charge in [-0.05, 0) is 84.1 Å². The van der Waals surface area contributed by atoms with E-state index in [-0.39, 0.29) is 103 Å². The largest absolute Gasteiger partial charge is 0.508 e. The molecule has 4 unspecified atom stereocenters. The highest BCUT2D eigenvalue weighted by molar-refractivity contribution is 6.18. The number of phenolic OH excluding ortho intramolecular Hbond substituents is 4. The number of ketones is 2. The number of benzene rings is 4. The number of carboxylic acid groups (broad SMARTS) is 2. The summed E-state index contributed by atoms with van der Waals surface area (Å²) in [5.41, 5.74) is -0.198. The van der Waals surface area contributed by atoms with Crippen LogP contribution in [0.4, 0.5) is 0 Å². The number of carboxylic acids is 2. The van der Waals surface area contributed by atoms with E-state index in [1.807, 2.05) is 0 Å². The van der Waals surface area contributed by atoms with Crippen LogP contribution in [0.25, 0.3) is 11.1 Å². The lowest BCUT2D eigenvalue weighted by atomic mass is 9.56. The van der Waals surface area contributed by atoms with Gasteiger partial charge in [-0.1, -0.05) is 13.8 Å². The zero-order chi connectivity index (χ0) is 45.5. The van der Waals surface area contributed by atoms with Crippen molar-refractivity contribution in [1.82, 2.24) is 0 Å². The third-order valence-electron chi connectivity index (χ3n) is 12.4. The van der Waals surface area contributed by atoms with Gasteiger partial charge in [-0.25, -0.2) is 9.59 Å². The number of hydrogen-bond acceptors (Lipinski definition) is 14. The Balaban J connectivity index is 1.60. The molecule has 0 amide bonds. The summed E-state index contributed by atoms with van der Waals surface area (Å²) in [6.07, 6.45) is -0.567. The first-order chi connectivity index (χ1) is 29.3. The Morgan fingerprint density at radius 1 is 0.548 bits per heavy atom. The van der Waals surface area contributed by atoms with E-state index in [1.165, 1.54) is 66.6 Å². The quantitative estimate of drug-likeness (QED) is 0.0732. The molecule has 7 rings (SSSR count). The first-order valence-electron chi connectivity index (χ1n) is 19.4. The summed E-state index contributed by atoms with van der Waals surface area (Å²) in [7, 11) is 5.14. The van der Waals surface area contributed by atoms with Crippen LogP contribution in [-0.2, 0) is 22.3 Å². The number of aromatic carboxylic acids is 2. The fourth-order valence-corrected chi connectivity index (χ4v) is 9.94. The normalized spacial score (nSPS) is 17.3. The van der Waals surface area contributed by atoms with Crippen LogP contribution in [0.3, 0.4) is 0 Å². The Morgan fingerprint density at radius 3 is 1.18 bits per heavy atom. The van der Waals surface area contributed by atoms with E-state index in [4.69, 9.17) is 18.9 Å². The van der Waals surface area contributed by atoms with E-state index in [0.717, 1.165) is 0 Å². The molecule has 62 heavy (non-hydrogen) atoms. The van der Waals surface area contributed by atoms with Gasteiger partial charge in [0.2, 0.25) is 11.6 Å². The summed E-state index contributed by atoms with van der Waals surface area (Å²) < 4.78 is 23.4. The maximum Gasteiger partial charge on any atom is 0.339 e. The lowest BCUT2D eigenvalue weighted by Gasteiger charge is -2.47. The summed E-state index contributed by atoms with van der Waals surface area (Å²) in [6.45, 7) is 6.12. The summed E-state index contributed by atoms with van der Waals surface area (Å²) >= 11 is 0. The minimum Gasteiger partial charge on any atom is -0.508 e. The van der Waals surface area contributed by atoms with E-state index in [2.05, 4.69) is 0 Å². The molecule has 3 aliphatic rings. The number of carbonyl (C=O) groups excluding carboxylic acids is 2. The summed E-state index contributed by atoms with van der Waals surface area (Å²) in [5.74, 6) is -12.3. The first kappa shape index (κ1) is 42.8. The smallest absolute Gasteiger partial charge is 0.339 e. The van der Waals surface area contributed by atoms with Crippen molar-refractivity contribution in [3.63, 3.8) is 0 Å². The standard InChI is InChI=1S/C46H44O16/c1-15(9-19-21(47)11-17(3)29(39(19)51)45(55)56)27-35-36-28(16(2)10-20-22(48)12-18(4)30(40(20)52)46(57)58)44(62-8)42(54)32-24(50)14-26(60-6)34(38(32)36)33-25(59-5)13-23(49)31(37(33)35)41(53)43(27)61-7/h11-16,35-36,47-52H,9-10H2,1-8H3,(H,55,56)(H,57,58). The molecule has 4 aromatic rings. The summed E-state index contributed by atoms with van der Waals surface area (Å²) in [5, 5.41) is 88.4.